The van der Waals surface area contributed by atoms with E-state index in [-0.39, 0.29) is 18.1 Å². The first-order valence-electron chi connectivity index (χ1n) is 7.12. The largest absolute Gasteiger partial charge is 0.321 e. The van der Waals surface area contributed by atoms with Crippen molar-refractivity contribution < 1.29 is 4.79 Å². The summed E-state index contributed by atoms with van der Waals surface area (Å²) >= 11 is 0. The molecular weight excluding hydrogens is 236 g/mol. The zero-order valence-corrected chi connectivity index (χ0v) is 12.3. The zero-order chi connectivity index (χ0) is 14.0. The Morgan fingerprint density at radius 2 is 1.84 bits per heavy atom. The van der Waals surface area contributed by atoms with E-state index in [4.69, 9.17) is 0 Å². The molecule has 3 atom stereocenters. The molecule has 1 amide bonds. The van der Waals surface area contributed by atoms with Crippen molar-refractivity contribution in [2.45, 2.75) is 39.9 Å². The lowest BCUT2D eigenvalue weighted by Crippen LogP contribution is -2.35. The monoisotopic (exact) mass is 260 g/mol. The van der Waals surface area contributed by atoms with Gasteiger partial charge in [0.2, 0.25) is 5.91 Å². The molecule has 0 aliphatic carbocycles. The van der Waals surface area contributed by atoms with Gasteiger partial charge in [0, 0.05) is 6.54 Å². The highest BCUT2D eigenvalue weighted by atomic mass is 16.2. The summed E-state index contributed by atoms with van der Waals surface area (Å²) in [5.74, 6) is 1.30. The van der Waals surface area contributed by atoms with Crippen molar-refractivity contribution in [2.75, 3.05) is 6.54 Å². The summed E-state index contributed by atoms with van der Waals surface area (Å²) in [7, 11) is 0. The smallest absolute Gasteiger partial charge is 0.241 e. The highest BCUT2D eigenvalue weighted by Crippen LogP contribution is 2.27. The van der Waals surface area contributed by atoms with E-state index >= 15 is 0 Å². The third-order valence-electron chi connectivity index (χ3n) is 4.11. The van der Waals surface area contributed by atoms with E-state index in [1.165, 1.54) is 0 Å². The second-order valence-electron chi connectivity index (χ2n) is 5.91. The second kappa shape index (κ2) is 5.74. The molecule has 3 nitrogen and oxygen atoms in total. The Balaban J connectivity index is 2.19. The highest BCUT2D eigenvalue weighted by molar-refractivity contribution is 5.84. The predicted molar refractivity (Wildman–Crippen MR) is 77.5 cm³/mol. The first-order chi connectivity index (χ1) is 9.00. The van der Waals surface area contributed by atoms with Gasteiger partial charge in [-0.25, -0.2) is 0 Å². The van der Waals surface area contributed by atoms with E-state index in [9.17, 15) is 4.79 Å². The molecule has 0 bridgehead atoms. The number of rotatable bonds is 4. The fourth-order valence-corrected chi connectivity index (χ4v) is 2.40. The molecule has 2 rings (SSSR count). The van der Waals surface area contributed by atoms with Crippen LogP contribution in [0.15, 0.2) is 30.3 Å². The van der Waals surface area contributed by atoms with E-state index in [1.807, 2.05) is 30.0 Å². The van der Waals surface area contributed by atoms with Gasteiger partial charge in [-0.05, 0) is 24.3 Å². The Morgan fingerprint density at radius 1 is 1.21 bits per heavy atom. The van der Waals surface area contributed by atoms with E-state index in [0.29, 0.717) is 11.8 Å². The SMILES string of the molecule is CC1NC(c2ccccc2)N(CC(C)C(C)C)C1=O. The average molecular weight is 260 g/mol. The Bertz CT molecular complexity index is 430. The minimum Gasteiger partial charge on any atom is -0.321 e. The van der Waals surface area contributed by atoms with Gasteiger partial charge in [-0.3, -0.25) is 10.1 Å². The van der Waals surface area contributed by atoms with Crippen LogP contribution in [0.4, 0.5) is 0 Å². The van der Waals surface area contributed by atoms with Crippen LogP contribution in [-0.2, 0) is 4.79 Å². The molecule has 1 aliphatic heterocycles. The van der Waals surface area contributed by atoms with Crippen molar-refractivity contribution in [1.82, 2.24) is 10.2 Å². The molecule has 1 fully saturated rings. The van der Waals surface area contributed by atoms with Crippen molar-refractivity contribution in [2.24, 2.45) is 11.8 Å². The number of hydrogen-bond donors (Lipinski definition) is 1. The van der Waals surface area contributed by atoms with E-state index in [1.54, 1.807) is 0 Å². The summed E-state index contributed by atoms with van der Waals surface area (Å²) < 4.78 is 0. The highest BCUT2D eigenvalue weighted by Gasteiger charge is 2.37. The molecule has 19 heavy (non-hydrogen) atoms. The lowest BCUT2D eigenvalue weighted by molar-refractivity contribution is -0.130. The number of nitrogens with zero attached hydrogens (tertiary/aromatic N) is 1. The molecule has 0 radical (unpaired) electrons. The first-order valence-corrected chi connectivity index (χ1v) is 7.12. The molecule has 0 aromatic heterocycles. The molecule has 3 unspecified atom stereocenters. The Kier molecular flexibility index (Phi) is 4.25. The van der Waals surface area contributed by atoms with Crippen molar-refractivity contribution in [3.8, 4) is 0 Å². The summed E-state index contributed by atoms with van der Waals surface area (Å²) in [5, 5.41) is 3.39. The number of carbonyl (C=O) groups is 1. The van der Waals surface area contributed by atoms with Gasteiger partial charge in [0.05, 0.1) is 6.04 Å². The average Bonchev–Trinajstić information content (AvgIpc) is 2.68. The van der Waals surface area contributed by atoms with Crippen molar-refractivity contribution >= 4 is 5.91 Å². The Morgan fingerprint density at radius 3 is 2.42 bits per heavy atom. The maximum atomic E-state index is 12.3. The quantitative estimate of drug-likeness (QED) is 0.903. The summed E-state index contributed by atoms with van der Waals surface area (Å²) in [5.41, 5.74) is 1.16. The Hall–Kier alpha value is -1.35. The van der Waals surface area contributed by atoms with E-state index < -0.39 is 0 Å². The topological polar surface area (TPSA) is 32.3 Å². The van der Waals surface area contributed by atoms with Gasteiger partial charge in [0.1, 0.15) is 6.17 Å². The number of benzene rings is 1. The summed E-state index contributed by atoms with van der Waals surface area (Å²) in [4.78, 5) is 14.3. The third kappa shape index (κ3) is 2.98. The molecule has 1 aromatic carbocycles. The second-order valence-corrected chi connectivity index (χ2v) is 5.91. The molecule has 0 spiro atoms. The number of carbonyl (C=O) groups excluding carboxylic acids is 1. The molecule has 3 heteroatoms. The van der Waals surface area contributed by atoms with Crippen molar-refractivity contribution in [1.29, 1.82) is 0 Å². The van der Waals surface area contributed by atoms with Crippen molar-refractivity contribution in [3.05, 3.63) is 35.9 Å². The van der Waals surface area contributed by atoms with Gasteiger partial charge in [-0.1, -0.05) is 51.1 Å². The third-order valence-corrected chi connectivity index (χ3v) is 4.11. The van der Waals surface area contributed by atoms with Crippen LogP contribution in [0, 0.1) is 11.8 Å². The predicted octanol–water partition coefficient (Wildman–Crippen LogP) is 2.80. The first kappa shape index (κ1) is 14.1. The fourth-order valence-electron chi connectivity index (χ4n) is 2.40. The van der Waals surface area contributed by atoms with Crippen LogP contribution in [-0.4, -0.2) is 23.4 Å². The fraction of sp³-hybridized carbons (Fsp3) is 0.562. The molecule has 1 saturated heterocycles. The molecule has 1 N–H and O–H groups in total. The maximum absolute atomic E-state index is 12.3. The van der Waals surface area contributed by atoms with Gasteiger partial charge in [0.15, 0.2) is 0 Å². The lowest BCUT2D eigenvalue weighted by atomic mass is 9.97. The number of amides is 1. The van der Waals surface area contributed by atoms with Crippen LogP contribution >= 0.6 is 0 Å². The van der Waals surface area contributed by atoms with Crippen LogP contribution in [0.3, 0.4) is 0 Å². The lowest BCUT2D eigenvalue weighted by Gasteiger charge is -2.29. The van der Waals surface area contributed by atoms with Gasteiger partial charge in [-0.15, -0.1) is 0 Å². The minimum atomic E-state index is -0.0930. The van der Waals surface area contributed by atoms with Gasteiger partial charge < -0.3 is 4.90 Å². The molecule has 1 aromatic rings. The molecule has 104 valence electrons. The summed E-state index contributed by atoms with van der Waals surface area (Å²) in [6, 6.07) is 10.1. The minimum absolute atomic E-state index is 0.0184. The van der Waals surface area contributed by atoms with Crippen LogP contribution in [0.5, 0.6) is 0 Å². The maximum Gasteiger partial charge on any atom is 0.241 e. The molecule has 1 heterocycles. The zero-order valence-electron chi connectivity index (χ0n) is 12.3. The molecular formula is C16H24N2O. The normalized spacial score (nSPS) is 25.1. The molecule has 1 aliphatic rings. The van der Waals surface area contributed by atoms with Gasteiger partial charge in [0.25, 0.3) is 0 Å². The van der Waals surface area contributed by atoms with Crippen LogP contribution in [0.2, 0.25) is 0 Å². The van der Waals surface area contributed by atoms with Gasteiger partial charge in [-0.2, -0.15) is 0 Å². The van der Waals surface area contributed by atoms with Crippen LogP contribution in [0.25, 0.3) is 0 Å². The van der Waals surface area contributed by atoms with Crippen LogP contribution in [0.1, 0.15) is 39.4 Å². The van der Waals surface area contributed by atoms with Crippen molar-refractivity contribution in [3.63, 3.8) is 0 Å². The number of nitrogens with one attached hydrogen (secondary N) is 1. The van der Waals surface area contributed by atoms with E-state index in [2.05, 4.69) is 38.2 Å². The summed E-state index contributed by atoms with van der Waals surface area (Å²) in [6.07, 6.45) is 0.0184. The molecule has 0 saturated carbocycles. The standard InChI is InChI=1S/C16H24N2O/c1-11(2)12(3)10-18-15(17-13(4)16(18)19)14-8-6-5-7-9-14/h5-9,11-13,15,17H,10H2,1-4H3. The summed E-state index contributed by atoms with van der Waals surface area (Å²) in [6.45, 7) is 9.38. The van der Waals surface area contributed by atoms with Crippen LogP contribution < -0.4 is 5.32 Å². The van der Waals surface area contributed by atoms with Gasteiger partial charge >= 0.3 is 0 Å². The number of hydrogen-bond acceptors (Lipinski definition) is 2. The Labute approximate surface area is 116 Å². The van der Waals surface area contributed by atoms with E-state index in [0.717, 1.165) is 12.1 Å².